The van der Waals surface area contributed by atoms with Gasteiger partial charge in [0.15, 0.2) is 5.78 Å². The van der Waals surface area contributed by atoms with E-state index in [0.29, 0.717) is 30.7 Å². The summed E-state index contributed by atoms with van der Waals surface area (Å²) in [6.07, 6.45) is 4.65. The monoisotopic (exact) mass is 428 g/mol. The van der Waals surface area contributed by atoms with E-state index in [4.69, 9.17) is 4.42 Å². The summed E-state index contributed by atoms with van der Waals surface area (Å²) in [6.45, 7) is 1.86. The summed E-state index contributed by atoms with van der Waals surface area (Å²) in [5.74, 6) is 0.405. The first-order valence-electron chi connectivity index (χ1n) is 10.5. The second kappa shape index (κ2) is 9.47. The fourth-order valence-corrected chi connectivity index (χ4v) is 3.67. The zero-order valence-corrected chi connectivity index (χ0v) is 17.8. The Kier molecular flexibility index (Phi) is 6.31. The fourth-order valence-electron chi connectivity index (χ4n) is 3.67. The Morgan fingerprint density at radius 2 is 1.69 bits per heavy atom. The molecule has 0 bridgehead atoms. The van der Waals surface area contributed by atoms with Gasteiger partial charge < -0.3 is 14.1 Å². The van der Waals surface area contributed by atoms with Gasteiger partial charge >= 0.3 is 5.97 Å². The van der Waals surface area contributed by atoms with Crippen molar-refractivity contribution in [1.29, 1.82) is 0 Å². The average molecular weight is 428 g/mol. The number of Topliss-reactive ketones (excluding diaryl/α,β-unsaturated/α-hetero) is 1. The highest BCUT2D eigenvalue weighted by atomic mass is 16.4. The maximum Gasteiger partial charge on any atom is 0.327 e. The van der Waals surface area contributed by atoms with Crippen LogP contribution in [0.25, 0.3) is 11.5 Å². The average Bonchev–Trinajstić information content (AvgIpc) is 3.46. The number of hydrogen-bond acceptors (Lipinski definition) is 4. The predicted octanol–water partition coefficient (Wildman–Crippen LogP) is 5.14. The topological polar surface area (TPSA) is 85.3 Å². The molecule has 0 fully saturated rings. The number of aryl methyl sites for hydroxylation is 2. The Hall–Kier alpha value is -3.93. The van der Waals surface area contributed by atoms with E-state index in [1.165, 1.54) is 0 Å². The molecule has 162 valence electrons. The van der Waals surface area contributed by atoms with E-state index in [2.05, 4.69) is 4.98 Å². The van der Waals surface area contributed by atoms with E-state index in [1.54, 1.807) is 41.2 Å². The van der Waals surface area contributed by atoms with Crippen molar-refractivity contribution >= 4 is 11.8 Å². The second-order valence-corrected chi connectivity index (χ2v) is 7.70. The van der Waals surface area contributed by atoms with Crippen molar-refractivity contribution in [3.63, 3.8) is 0 Å². The highest BCUT2D eigenvalue weighted by Crippen LogP contribution is 2.23. The number of carbonyl (C=O) groups excluding carboxylic acids is 1. The predicted molar refractivity (Wildman–Crippen MR) is 121 cm³/mol. The van der Waals surface area contributed by atoms with Crippen molar-refractivity contribution in [3.8, 4) is 11.5 Å². The smallest absolute Gasteiger partial charge is 0.327 e. The number of ketones is 1. The summed E-state index contributed by atoms with van der Waals surface area (Å²) in [5, 5.41) is 9.54. The maximum atomic E-state index is 12.7. The van der Waals surface area contributed by atoms with Crippen LogP contribution < -0.4 is 0 Å². The van der Waals surface area contributed by atoms with E-state index >= 15 is 0 Å². The highest BCUT2D eigenvalue weighted by Gasteiger charge is 2.19. The Labute approximate surface area is 186 Å². The molecule has 1 N–H and O–H groups in total. The lowest BCUT2D eigenvalue weighted by Crippen LogP contribution is -2.20. The Bertz CT molecular complexity index is 1190. The number of carboxylic acid groups (broad SMARTS) is 1. The summed E-state index contributed by atoms with van der Waals surface area (Å²) in [5.41, 5.74) is 3.15. The van der Waals surface area contributed by atoms with Crippen molar-refractivity contribution in [2.24, 2.45) is 0 Å². The third kappa shape index (κ3) is 4.86. The molecule has 0 aliphatic rings. The SMILES string of the molecule is Cc1oc(-c2ccccc2)nc1CCC(=O)c1ccc(CC(C(=O)O)n2cccc2)cc1. The number of carboxylic acids is 1. The van der Waals surface area contributed by atoms with E-state index in [1.807, 2.05) is 49.4 Å². The summed E-state index contributed by atoms with van der Waals surface area (Å²) in [7, 11) is 0. The highest BCUT2D eigenvalue weighted by molar-refractivity contribution is 5.96. The quantitative estimate of drug-likeness (QED) is 0.373. The van der Waals surface area contributed by atoms with Gasteiger partial charge in [-0.15, -0.1) is 0 Å². The molecule has 0 amide bonds. The number of aliphatic carboxylic acids is 1. The van der Waals surface area contributed by atoms with Crippen LogP contribution >= 0.6 is 0 Å². The second-order valence-electron chi connectivity index (χ2n) is 7.70. The molecule has 4 rings (SSSR count). The molecular weight excluding hydrogens is 404 g/mol. The number of carbonyl (C=O) groups is 2. The Balaban J connectivity index is 1.38. The summed E-state index contributed by atoms with van der Waals surface area (Å²) < 4.78 is 7.44. The zero-order chi connectivity index (χ0) is 22.5. The van der Waals surface area contributed by atoms with Crippen LogP contribution in [0.4, 0.5) is 0 Å². The molecule has 0 saturated carbocycles. The third-order valence-corrected chi connectivity index (χ3v) is 5.48. The van der Waals surface area contributed by atoms with Crippen LogP contribution in [-0.4, -0.2) is 26.4 Å². The summed E-state index contributed by atoms with van der Waals surface area (Å²) in [4.78, 5) is 28.9. The van der Waals surface area contributed by atoms with Gasteiger partial charge in [0.25, 0.3) is 0 Å². The van der Waals surface area contributed by atoms with Crippen molar-refractivity contribution in [1.82, 2.24) is 9.55 Å². The van der Waals surface area contributed by atoms with Gasteiger partial charge in [-0.25, -0.2) is 9.78 Å². The molecule has 2 aromatic carbocycles. The molecular formula is C26H24N2O4. The number of benzene rings is 2. The minimum Gasteiger partial charge on any atom is -0.480 e. The van der Waals surface area contributed by atoms with E-state index in [0.717, 1.165) is 22.6 Å². The minimum atomic E-state index is -0.890. The van der Waals surface area contributed by atoms with Gasteiger partial charge in [0.2, 0.25) is 5.89 Å². The Morgan fingerprint density at radius 3 is 2.34 bits per heavy atom. The van der Waals surface area contributed by atoms with Crippen LogP contribution in [0.2, 0.25) is 0 Å². The number of nitrogens with zero attached hydrogens (tertiary/aromatic N) is 2. The first kappa shape index (κ1) is 21.3. The van der Waals surface area contributed by atoms with Crippen molar-refractivity contribution in [2.45, 2.75) is 32.2 Å². The molecule has 2 aromatic heterocycles. The van der Waals surface area contributed by atoms with Crippen molar-refractivity contribution in [3.05, 3.63) is 102 Å². The largest absolute Gasteiger partial charge is 0.480 e. The van der Waals surface area contributed by atoms with Gasteiger partial charge in [-0.3, -0.25) is 4.79 Å². The maximum absolute atomic E-state index is 12.7. The minimum absolute atomic E-state index is 0.0143. The van der Waals surface area contributed by atoms with Crippen LogP contribution in [0.3, 0.4) is 0 Å². The molecule has 1 unspecified atom stereocenters. The molecule has 6 nitrogen and oxygen atoms in total. The van der Waals surface area contributed by atoms with E-state index in [9.17, 15) is 14.7 Å². The van der Waals surface area contributed by atoms with Gasteiger partial charge in [0.1, 0.15) is 11.8 Å². The molecule has 1 atom stereocenters. The fraction of sp³-hybridized carbons (Fsp3) is 0.192. The molecule has 32 heavy (non-hydrogen) atoms. The van der Waals surface area contributed by atoms with Crippen molar-refractivity contribution in [2.75, 3.05) is 0 Å². The third-order valence-electron chi connectivity index (χ3n) is 5.48. The van der Waals surface area contributed by atoms with Gasteiger partial charge in [-0.05, 0) is 36.8 Å². The van der Waals surface area contributed by atoms with Crippen LogP contribution in [0.1, 0.15) is 39.8 Å². The van der Waals surface area contributed by atoms with Gasteiger partial charge in [0, 0.05) is 42.8 Å². The van der Waals surface area contributed by atoms with E-state index in [-0.39, 0.29) is 5.78 Å². The van der Waals surface area contributed by atoms with Gasteiger partial charge in [-0.1, -0.05) is 42.5 Å². The van der Waals surface area contributed by atoms with Crippen molar-refractivity contribution < 1.29 is 19.1 Å². The molecule has 0 radical (unpaired) electrons. The molecule has 0 aliphatic carbocycles. The summed E-state index contributed by atoms with van der Waals surface area (Å²) in [6, 6.07) is 19.8. The molecule has 2 heterocycles. The first-order chi connectivity index (χ1) is 15.5. The van der Waals surface area contributed by atoms with E-state index < -0.39 is 12.0 Å². The lowest BCUT2D eigenvalue weighted by molar-refractivity contribution is -0.140. The molecule has 0 saturated heterocycles. The molecule has 4 aromatic rings. The van der Waals surface area contributed by atoms with Crippen LogP contribution in [-0.2, 0) is 17.6 Å². The summed E-state index contributed by atoms with van der Waals surface area (Å²) >= 11 is 0. The number of aromatic nitrogens is 2. The van der Waals surface area contributed by atoms with Gasteiger partial charge in [-0.2, -0.15) is 0 Å². The van der Waals surface area contributed by atoms with Crippen LogP contribution in [0, 0.1) is 6.92 Å². The molecule has 0 aliphatic heterocycles. The zero-order valence-electron chi connectivity index (χ0n) is 17.8. The number of oxazole rings is 1. The standard InChI is InChI=1S/C26H24N2O4/c1-18-22(27-25(32-18)21-7-3-2-4-8-21)13-14-24(29)20-11-9-19(10-12-20)17-23(26(30)31)28-15-5-6-16-28/h2-12,15-16,23H,13-14,17H2,1H3,(H,30,31). The first-order valence-corrected chi connectivity index (χ1v) is 10.5. The lowest BCUT2D eigenvalue weighted by Gasteiger charge is -2.14. The van der Waals surface area contributed by atoms with Gasteiger partial charge in [0.05, 0.1) is 5.69 Å². The van der Waals surface area contributed by atoms with Crippen LogP contribution in [0.5, 0.6) is 0 Å². The number of hydrogen-bond donors (Lipinski definition) is 1. The Morgan fingerprint density at radius 1 is 1.00 bits per heavy atom. The normalized spacial score (nSPS) is 11.9. The number of rotatable bonds is 9. The van der Waals surface area contributed by atoms with Crippen LogP contribution in [0.15, 0.2) is 83.5 Å². The molecule has 6 heteroatoms. The molecule has 0 spiro atoms. The lowest BCUT2D eigenvalue weighted by atomic mass is 10.0.